The molecule has 2 aromatic heterocycles. The zero-order valence-corrected chi connectivity index (χ0v) is 21.5. The number of ether oxygens (including phenoxy) is 2. The minimum absolute atomic E-state index is 0.00545. The molecule has 1 fully saturated rings. The van der Waals surface area contributed by atoms with Gasteiger partial charge < -0.3 is 19.5 Å². The number of amides is 1. The van der Waals surface area contributed by atoms with E-state index in [-0.39, 0.29) is 18.2 Å². The maximum atomic E-state index is 13.2. The van der Waals surface area contributed by atoms with Crippen LogP contribution in [0.15, 0.2) is 24.3 Å². The molecule has 0 saturated heterocycles. The van der Waals surface area contributed by atoms with Crippen molar-refractivity contribution < 1.29 is 24.2 Å². The van der Waals surface area contributed by atoms with Crippen molar-refractivity contribution >= 4 is 57.9 Å². The van der Waals surface area contributed by atoms with Gasteiger partial charge in [0, 0.05) is 13.1 Å². The fourth-order valence-electron chi connectivity index (χ4n) is 3.61. The lowest BCUT2D eigenvalue weighted by molar-refractivity contribution is -0.169. The van der Waals surface area contributed by atoms with Gasteiger partial charge in [0.15, 0.2) is 0 Å². The van der Waals surface area contributed by atoms with E-state index >= 15 is 0 Å². The number of carbonyl (C=O) groups excluding carboxylic acids is 2. The number of hydrogen-bond acceptors (Lipinski definition) is 7. The lowest BCUT2D eigenvalue weighted by atomic mass is 9.91. The Morgan fingerprint density at radius 1 is 1.00 bits per heavy atom. The monoisotopic (exact) mass is 519 g/mol. The summed E-state index contributed by atoms with van der Waals surface area (Å²) < 4.78 is 12.1. The van der Waals surface area contributed by atoms with Gasteiger partial charge >= 0.3 is 12.1 Å². The van der Waals surface area contributed by atoms with Crippen LogP contribution in [0.2, 0.25) is 8.67 Å². The van der Waals surface area contributed by atoms with Crippen molar-refractivity contribution in [3.05, 3.63) is 42.7 Å². The van der Waals surface area contributed by atoms with E-state index in [9.17, 15) is 14.7 Å². The zero-order valence-electron chi connectivity index (χ0n) is 18.4. The number of hydrogen-bond donors (Lipinski definition) is 1. The van der Waals surface area contributed by atoms with Crippen molar-refractivity contribution in [2.45, 2.75) is 69.8 Å². The normalized spacial score (nSPS) is 19.5. The number of nitrogens with zero attached hydrogens (tertiary/aromatic N) is 1. The van der Waals surface area contributed by atoms with Gasteiger partial charge in [0.25, 0.3) is 0 Å². The predicted octanol–water partition coefficient (Wildman–Crippen LogP) is 6.07. The Morgan fingerprint density at radius 2 is 1.50 bits per heavy atom. The molecule has 32 heavy (non-hydrogen) atoms. The summed E-state index contributed by atoms with van der Waals surface area (Å²) in [5.41, 5.74) is -2.53. The summed E-state index contributed by atoms with van der Waals surface area (Å²) in [4.78, 5) is 27.9. The summed E-state index contributed by atoms with van der Waals surface area (Å²) in [6.45, 7) is 5.49. The van der Waals surface area contributed by atoms with Crippen LogP contribution in [0.5, 0.6) is 0 Å². The number of aliphatic hydroxyl groups is 1. The Bertz CT molecular complexity index is 919. The van der Waals surface area contributed by atoms with E-state index in [0.29, 0.717) is 44.1 Å². The van der Waals surface area contributed by atoms with E-state index in [1.54, 1.807) is 36.2 Å². The highest BCUT2D eigenvalue weighted by Gasteiger charge is 2.46. The molecule has 1 aliphatic carbocycles. The Labute approximate surface area is 206 Å². The molecule has 2 heterocycles. The van der Waals surface area contributed by atoms with Crippen molar-refractivity contribution in [3.8, 4) is 0 Å². The van der Waals surface area contributed by atoms with Crippen LogP contribution in [0, 0.1) is 0 Å². The molecule has 0 radical (unpaired) electrons. The van der Waals surface area contributed by atoms with Gasteiger partial charge in [-0.3, -0.25) is 0 Å². The van der Waals surface area contributed by atoms with E-state index in [2.05, 4.69) is 0 Å². The van der Waals surface area contributed by atoms with Gasteiger partial charge in [0.05, 0.1) is 18.4 Å². The second kappa shape index (κ2) is 9.89. The second-order valence-corrected chi connectivity index (χ2v) is 12.3. The first-order valence-corrected chi connectivity index (χ1v) is 12.7. The summed E-state index contributed by atoms with van der Waals surface area (Å²) in [7, 11) is 1.73. The van der Waals surface area contributed by atoms with Crippen molar-refractivity contribution in [2.24, 2.45) is 0 Å². The highest BCUT2D eigenvalue weighted by atomic mass is 35.5. The third-order valence-electron chi connectivity index (χ3n) is 5.30. The van der Waals surface area contributed by atoms with Crippen molar-refractivity contribution in [2.75, 3.05) is 7.05 Å². The fourth-order valence-corrected chi connectivity index (χ4v) is 5.95. The second-order valence-electron chi connectivity index (χ2n) is 8.85. The van der Waals surface area contributed by atoms with E-state index in [0.717, 1.165) is 22.7 Å². The summed E-state index contributed by atoms with van der Waals surface area (Å²) in [6, 6.07) is 6.51. The molecule has 1 saturated carbocycles. The van der Waals surface area contributed by atoms with Crippen molar-refractivity contribution in [3.63, 3.8) is 0 Å². The van der Waals surface area contributed by atoms with Crippen LogP contribution >= 0.6 is 45.9 Å². The number of halogens is 2. The topological polar surface area (TPSA) is 76.1 Å². The van der Waals surface area contributed by atoms with Crippen LogP contribution in [-0.2, 0) is 19.9 Å². The molecule has 1 amide bonds. The van der Waals surface area contributed by atoms with Gasteiger partial charge in [-0.15, -0.1) is 22.7 Å². The average molecular weight is 520 g/mol. The van der Waals surface area contributed by atoms with Crippen molar-refractivity contribution in [1.82, 2.24) is 4.90 Å². The molecule has 0 spiro atoms. The van der Waals surface area contributed by atoms with Crippen LogP contribution in [-0.4, -0.2) is 46.9 Å². The van der Waals surface area contributed by atoms with Gasteiger partial charge in [-0.25, -0.2) is 9.59 Å². The van der Waals surface area contributed by atoms with Gasteiger partial charge in [0.2, 0.25) is 5.60 Å². The molecule has 10 heteroatoms. The van der Waals surface area contributed by atoms with Crippen LogP contribution in [0.4, 0.5) is 4.79 Å². The van der Waals surface area contributed by atoms with Crippen LogP contribution in [0.3, 0.4) is 0 Å². The van der Waals surface area contributed by atoms with E-state index in [1.165, 1.54) is 0 Å². The largest absolute Gasteiger partial charge is 0.460 e. The molecular formula is C22H27Cl2NO5S2. The Morgan fingerprint density at radius 3 is 1.91 bits per heavy atom. The maximum Gasteiger partial charge on any atom is 0.410 e. The first-order valence-electron chi connectivity index (χ1n) is 10.3. The molecule has 0 bridgehead atoms. The van der Waals surface area contributed by atoms with E-state index in [1.807, 2.05) is 20.8 Å². The van der Waals surface area contributed by atoms with Crippen LogP contribution < -0.4 is 0 Å². The summed E-state index contributed by atoms with van der Waals surface area (Å²) >= 11 is 14.4. The maximum absolute atomic E-state index is 13.2. The minimum atomic E-state index is -1.97. The van der Waals surface area contributed by atoms with E-state index in [4.69, 9.17) is 32.7 Å². The average Bonchev–Trinajstić information content (AvgIpc) is 3.35. The number of thiophene rings is 2. The highest BCUT2D eigenvalue weighted by molar-refractivity contribution is 7.18. The Kier molecular flexibility index (Phi) is 7.82. The molecule has 1 aliphatic rings. The SMILES string of the molecule is CN(C(=O)OC(C)(C)C)[C@H]1CC[C@H](OC(=O)C(O)(c2ccc(Cl)s2)c2ccc(Cl)s2)CC1. The smallest absolute Gasteiger partial charge is 0.410 e. The van der Waals surface area contributed by atoms with Gasteiger partial charge in [-0.05, 0) is 70.7 Å². The lowest BCUT2D eigenvalue weighted by Crippen LogP contribution is -2.44. The van der Waals surface area contributed by atoms with Gasteiger partial charge in [-0.2, -0.15) is 0 Å². The number of esters is 1. The Hall–Kier alpha value is -1.32. The molecule has 0 atom stereocenters. The molecule has 3 rings (SSSR count). The minimum Gasteiger partial charge on any atom is -0.460 e. The number of rotatable bonds is 5. The van der Waals surface area contributed by atoms with E-state index < -0.39 is 17.2 Å². The third-order valence-corrected chi connectivity index (χ3v) is 7.98. The predicted molar refractivity (Wildman–Crippen MR) is 128 cm³/mol. The highest BCUT2D eigenvalue weighted by Crippen LogP contribution is 2.42. The van der Waals surface area contributed by atoms with Crippen molar-refractivity contribution in [1.29, 1.82) is 0 Å². The Balaban J connectivity index is 1.67. The molecular weight excluding hydrogens is 493 g/mol. The molecule has 6 nitrogen and oxygen atoms in total. The fraction of sp³-hybridized carbons (Fsp3) is 0.545. The van der Waals surface area contributed by atoms with Gasteiger partial charge in [-0.1, -0.05) is 23.2 Å². The quantitative estimate of drug-likeness (QED) is 0.484. The van der Waals surface area contributed by atoms with Crippen LogP contribution in [0.1, 0.15) is 56.2 Å². The number of carbonyl (C=O) groups is 2. The standard InChI is InChI=1S/C22H27Cl2NO5S2/c1-21(2,3)30-20(27)25(4)13-5-7-14(8-6-13)29-19(26)22(28,15-9-11-17(23)31-15)16-10-12-18(24)32-16/h9-14,28H,5-8H2,1-4H3/t13-,14-. The summed E-state index contributed by atoms with van der Waals surface area (Å²) in [5.74, 6) is -0.751. The summed E-state index contributed by atoms with van der Waals surface area (Å²) in [5, 5.41) is 11.5. The zero-order chi connectivity index (χ0) is 23.7. The molecule has 0 aliphatic heterocycles. The lowest BCUT2D eigenvalue weighted by Gasteiger charge is -2.36. The molecule has 1 N–H and O–H groups in total. The molecule has 0 unspecified atom stereocenters. The van der Waals surface area contributed by atoms with Gasteiger partial charge in [0.1, 0.15) is 11.7 Å². The first kappa shape index (κ1) is 25.3. The van der Waals surface area contributed by atoms with Crippen LogP contribution in [0.25, 0.3) is 0 Å². The third kappa shape index (κ3) is 5.78. The first-order chi connectivity index (χ1) is 14.9. The molecule has 0 aromatic carbocycles. The summed E-state index contributed by atoms with van der Waals surface area (Å²) in [6.07, 6.45) is 1.77. The molecule has 176 valence electrons. The molecule has 2 aromatic rings.